The van der Waals surface area contributed by atoms with E-state index < -0.39 is 0 Å². The van der Waals surface area contributed by atoms with Gasteiger partial charge >= 0.3 is 0 Å². The highest BCUT2D eigenvalue weighted by molar-refractivity contribution is 6.01. The summed E-state index contributed by atoms with van der Waals surface area (Å²) in [5.41, 5.74) is 4.81. The average molecular weight is 305 g/mol. The fourth-order valence-corrected chi connectivity index (χ4v) is 2.65. The second-order valence-electron chi connectivity index (χ2n) is 5.14. The van der Waals surface area contributed by atoms with Gasteiger partial charge in [-0.3, -0.25) is 10.2 Å². The molecule has 1 aromatic carbocycles. The minimum Gasteiger partial charge on any atom is -0.369 e. The Kier molecular flexibility index (Phi) is 3.23. The fraction of sp³-hybridized carbons (Fsp3) is 0.125. The zero-order valence-corrected chi connectivity index (χ0v) is 12.5. The highest BCUT2D eigenvalue weighted by Crippen LogP contribution is 2.33. The molecule has 23 heavy (non-hydrogen) atoms. The lowest BCUT2D eigenvalue weighted by Gasteiger charge is -2.06. The maximum atomic E-state index is 4.31. The van der Waals surface area contributed by atoms with Crippen LogP contribution in [0.25, 0.3) is 33.3 Å². The summed E-state index contributed by atoms with van der Waals surface area (Å²) >= 11 is 0. The van der Waals surface area contributed by atoms with Crippen LogP contribution < -0.4 is 5.32 Å². The van der Waals surface area contributed by atoms with Crippen molar-refractivity contribution < 1.29 is 0 Å². The van der Waals surface area contributed by atoms with Crippen LogP contribution in [0.15, 0.2) is 42.9 Å². The zero-order valence-electron chi connectivity index (χ0n) is 12.5. The molecule has 3 N–H and O–H groups in total. The Labute approximate surface area is 132 Å². The number of H-pyrrole nitrogens is 2. The minimum absolute atomic E-state index is 0.770. The third kappa shape index (κ3) is 2.32. The number of nitrogens with zero attached hydrogens (tertiary/aromatic N) is 4. The van der Waals surface area contributed by atoms with Gasteiger partial charge in [-0.05, 0) is 30.7 Å². The molecule has 0 fully saturated rings. The van der Waals surface area contributed by atoms with Crippen molar-refractivity contribution in [1.82, 2.24) is 30.6 Å². The first-order valence-electron chi connectivity index (χ1n) is 7.40. The zero-order chi connectivity index (χ0) is 15.6. The van der Waals surface area contributed by atoms with Crippen molar-refractivity contribution in [3.8, 4) is 22.4 Å². The monoisotopic (exact) mass is 305 g/mol. The van der Waals surface area contributed by atoms with Crippen molar-refractivity contribution in [2.75, 3.05) is 11.9 Å². The average Bonchev–Trinajstić information content (AvgIpc) is 3.27. The van der Waals surface area contributed by atoms with E-state index in [9.17, 15) is 0 Å². The molecule has 0 amide bonds. The van der Waals surface area contributed by atoms with Crippen molar-refractivity contribution in [2.24, 2.45) is 0 Å². The number of anilines is 1. The summed E-state index contributed by atoms with van der Waals surface area (Å²) in [6.45, 7) is 2.84. The molecule has 4 aromatic rings. The third-order valence-electron chi connectivity index (χ3n) is 3.72. The van der Waals surface area contributed by atoms with E-state index in [2.05, 4.69) is 42.0 Å². The summed E-state index contributed by atoms with van der Waals surface area (Å²) in [5.74, 6) is 0.770. The third-order valence-corrected chi connectivity index (χ3v) is 3.72. The number of rotatable bonds is 4. The number of hydrogen-bond donors (Lipinski definition) is 3. The first-order chi connectivity index (χ1) is 11.4. The molecule has 0 unspecified atom stereocenters. The normalized spacial score (nSPS) is 11.0. The first-order valence-corrected chi connectivity index (χ1v) is 7.40. The molecule has 0 saturated heterocycles. The largest absolute Gasteiger partial charge is 0.369 e. The van der Waals surface area contributed by atoms with Crippen LogP contribution in [0.3, 0.4) is 0 Å². The van der Waals surface area contributed by atoms with Gasteiger partial charge in [0.15, 0.2) is 0 Å². The summed E-state index contributed by atoms with van der Waals surface area (Å²) in [6.07, 6.45) is 5.49. The van der Waals surface area contributed by atoms with E-state index in [1.165, 1.54) is 0 Å². The van der Waals surface area contributed by atoms with Crippen LogP contribution in [0.4, 0.5) is 5.82 Å². The van der Waals surface area contributed by atoms with Gasteiger partial charge in [0.2, 0.25) is 0 Å². The lowest BCUT2D eigenvalue weighted by Crippen LogP contribution is -2.00. The Morgan fingerprint density at radius 3 is 2.65 bits per heavy atom. The number of aromatic nitrogens is 6. The molecule has 4 rings (SSSR count). The van der Waals surface area contributed by atoms with Gasteiger partial charge in [-0.2, -0.15) is 10.2 Å². The molecule has 0 aliphatic rings. The Morgan fingerprint density at radius 1 is 1.00 bits per heavy atom. The molecule has 0 spiro atoms. The highest BCUT2D eigenvalue weighted by Gasteiger charge is 2.13. The summed E-state index contributed by atoms with van der Waals surface area (Å²) in [4.78, 5) is 0. The fourth-order valence-electron chi connectivity index (χ4n) is 2.65. The molecule has 0 radical (unpaired) electrons. The van der Waals surface area contributed by atoms with Crippen LogP contribution in [0.1, 0.15) is 6.92 Å². The topological polar surface area (TPSA) is 95.2 Å². The molecule has 3 aromatic heterocycles. The molecule has 0 atom stereocenters. The minimum atomic E-state index is 0.770. The standard InChI is InChI=1S/C16H15N7/c1-2-17-15-6-5-14(21-22-15)12-4-3-11(10-7-18-19-8-10)13-9-20-23-16(12)13/h3-9H,2H2,1H3,(H,17,22)(H,18,19)(H,20,23). The van der Waals surface area contributed by atoms with Gasteiger partial charge < -0.3 is 5.32 Å². The van der Waals surface area contributed by atoms with Crippen LogP contribution in [-0.2, 0) is 0 Å². The first kappa shape index (κ1) is 13.4. The predicted molar refractivity (Wildman–Crippen MR) is 88.9 cm³/mol. The second-order valence-corrected chi connectivity index (χ2v) is 5.14. The molecule has 7 heteroatoms. The van der Waals surface area contributed by atoms with Crippen molar-refractivity contribution in [3.63, 3.8) is 0 Å². The Bertz CT molecular complexity index is 923. The SMILES string of the molecule is CCNc1ccc(-c2ccc(-c3cn[nH]c3)c3cn[nH]c23)nn1. The number of nitrogens with one attached hydrogen (secondary N) is 3. The Balaban J connectivity index is 1.82. The quantitative estimate of drug-likeness (QED) is 0.539. The lowest BCUT2D eigenvalue weighted by molar-refractivity contribution is 1.02. The van der Waals surface area contributed by atoms with Gasteiger partial charge in [-0.1, -0.05) is 6.07 Å². The maximum absolute atomic E-state index is 4.31. The lowest BCUT2D eigenvalue weighted by atomic mass is 10.0. The molecule has 0 aliphatic heterocycles. The van der Waals surface area contributed by atoms with Crippen LogP contribution >= 0.6 is 0 Å². The molecular weight excluding hydrogens is 290 g/mol. The van der Waals surface area contributed by atoms with Crippen LogP contribution in [0.5, 0.6) is 0 Å². The molecular formula is C16H15N7. The molecule has 0 aliphatic carbocycles. The van der Waals surface area contributed by atoms with Gasteiger partial charge in [-0.15, -0.1) is 10.2 Å². The van der Waals surface area contributed by atoms with E-state index in [0.717, 1.165) is 45.6 Å². The second kappa shape index (κ2) is 5.53. The number of fused-ring (bicyclic) bond motifs is 1. The summed E-state index contributed by atoms with van der Waals surface area (Å²) in [7, 11) is 0. The number of benzene rings is 1. The van der Waals surface area contributed by atoms with Gasteiger partial charge in [-0.25, -0.2) is 0 Å². The van der Waals surface area contributed by atoms with Crippen LogP contribution in [0, 0.1) is 0 Å². The van der Waals surface area contributed by atoms with Gasteiger partial charge in [0.25, 0.3) is 0 Å². The van der Waals surface area contributed by atoms with E-state index in [4.69, 9.17) is 0 Å². The predicted octanol–water partition coefficient (Wildman–Crippen LogP) is 2.84. The van der Waals surface area contributed by atoms with Crippen molar-refractivity contribution >= 4 is 16.7 Å². The van der Waals surface area contributed by atoms with E-state index in [1.807, 2.05) is 37.5 Å². The van der Waals surface area contributed by atoms with Gasteiger partial charge in [0.1, 0.15) is 5.82 Å². The van der Waals surface area contributed by atoms with Crippen molar-refractivity contribution in [1.29, 1.82) is 0 Å². The van der Waals surface area contributed by atoms with Gasteiger partial charge in [0.05, 0.1) is 23.6 Å². The smallest absolute Gasteiger partial charge is 0.148 e. The number of hydrogen-bond acceptors (Lipinski definition) is 5. The molecule has 3 heterocycles. The van der Waals surface area contributed by atoms with E-state index >= 15 is 0 Å². The summed E-state index contributed by atoms with van der Waals surface area (Å²) in [6, 6.07) is 7.97. The number of aromatic amines is 2. The highest BCUT2D eigenvalue weighted by atomic mass is 15.2. The summed E-state index contributed by atoms with van der Waals surface area (Å²) < 4.78 is 0. The van der Waals surface area contributed by atoms with Crippen LogP contribution in [-0.4, -0.2) is 37.1 Å². The molecule has 0 bridgehead atoms. The molecule has 0 saturated carbocycles. The summed E-state index contributed by atoms with van der Waals surface area (Å²) in [5, 5.41) is 26.8. The van der Waals surface area contributed by atoms with E-state index in [-0.39, 0.29) is 0 Å². The van der Waals surface area contributed by atoms with Gasteiger partial charge in [0, 0.05) is 29.3 Å². The van der Waals surface area contributed by atoms with E-state index in [1.54, 1.807) is 6.20 Å². The van der Waals surface area contributed by atoms with E-state index in [0.29, 0.717) is 0 Å². The van der Waals surface area contributed by atoms with Crippen molar-refractivity contribution in [2.45, 2.75) is 6.92 Å². The van der Waals surface area contributed by atoms with Crippen LogP contribution in [0.2, 0.25) is 0 Å². The Hall–Kier alpha value is -3.22. The molecule has 114 valence electrons. The Morgan fingerprint density at radius 2 is 1.91 bits per heavy atom. The maximum Gasteiger partial charge on any atom is 0.148 e. The molecule has 7 nitrogen and oxygen atoms in total. The van der Waals surface area contributed by atoms with Crippen molar-refractivity contribution in [3.05, 3.63) is 42.9 Å².